The summed E-state index contributed by atoms with van der Waals surface area (Å²) in [6, 6.07) is 6.68. The number of rotatable bonds is 2. The van der Waals surface area contributed by atoms with Gasteiger partial charge in [0.1, 0.15) is 6.42 Å². The van der Waals surface area contributed by atoms with Crippen molar-refractivity contribution in [3.05, 3.63) is 27.7 Å². The molecule has 0 bridgehead atoms. The number of nitrogens with zero attached hydrogens (tertiary/aromatic N) is 3. The van der Waals surface area contributed by atoms with E-state index in [4.69, 9.17) is 16.9 Å². The Labute approximate surface area is 156 Å². The zero-order valence-electron chi connectivity index (χ0n) is 12.1. The van der Waals surface area contributed by atoms with Crippen LogP contribution in [0.15, 0.2) is 27.7 Å². The number of hydrogen-bond acceptors (Lipinski definition) is 5. The van der Waals surface area contributed by atoms with Crippen LogP contribution in [0.4, 0.5) is 5.69 Å². The quantitative estimate of drug-likeness (QED) is 0.691. The first-order valence-electron chi connectivity index (χ1n) is 6.90. The first-order valence-corrected chi connectivity index (χ1v) is 10.8. The van der Waals surface area contributed by atoms with E-state index in [-0.39, 0.29) is 29.2 Å². The molecule has 0 radical (unpaired) electrons. The molecule has 0 saturated carbocycles. The lowest BCUT2D eigenvalue weighted by Gasteiger charge is -2.25. The first-order chi connectivity index (χ1) is 11.3. The summed E-state index contributed by atoms with van der Waals surface area (Å²) in [5, 5.41) is 9.25. The highest BCUT2D eigenvalue weighted by Gasteiger charge is 2.49. The van der Waals surface area contributed by atoms with Crippen molar-refractivity contribution >= 4 is 65.9 Å². The van der Waals surface area contributed by atoms with Crippen LogP contribution in [-0.4, -0.2) is 42.3 Å². The van der Waals surface area contributed by atoms with Gasteiger partial charge in [0, 0.05) is 9.72 Å². The second-order valence-corrected chi connectivity index (χ2v) is 10.1. The van der Waals surface area contributed by atoms with Crippen LogP contribution in [0.25, 0.3) is 0 Å². The molecule has 2 heterocycles. The molecule has 0 spiro atoms. The highest BCUT2D eigenvalue weighted by Crippen LogP contribution is 2.43. The predicted molar refractivity (Wildman–Crippen MR) is 98.1 cm³/mol. The number of thioether (sulfide) groups is 1. The third-order valence-corrected chi connectivity index (χ3v) is 7.69. The SMILES string of the molecule is N#CCC(=O)N=C1S[C@H]2CS(=O)(=O)C[C@@H]2N1c1ccc(Br)cc1Cl. The van der Waals surface area contributed by atoms with Gasteiger partial charge in [-0.3, -0.25) is 4.79 Å². The van der Waals surface area contributed by atoms with Crippen molar-refractivity contribution in [3.63, 3.8) is 0 Å². The van der Waals surface area contributed by atoms with E-state index in [1.54, 1.807) is 29.2 Å². The molecule has 126 valence electrons. The van der Waals surface area contributed by atoms with Crippen molar-refractivity contribution in [1.29, 1.82) is 5.26 Å². The zero-order chi connectivity index (χ0) is 17.5. The van der Waals surface area contributed by atoms with Gasteiger partial charge in [-0.1, -0.05) is 39.3 Å². The Morgan fingerprint density at radius 1 is 1.50 bits per heavy atom. The van der Waals surface area contributed by atoms with E-state index in [0.717, 1.165) is 4.47 Å². The minimum atomic E-state index is -3.14. The van der Waals surface area contributed by atoms with Gasteiger partial charge in [-0.15, -0.1) is 0 Å². The Hall–Kier alpha value is -1.08. The van der Waals surface area contributed by atoms with Crippen LogP contribution in [0, 0.1) is 11.3 Å². The Bertz CT molecular complexity index is 882. The summed E-state index contributed by atoms with van der Waals surface area (Å²) < 4.78 is 24.7. The highest BCUT2D eigenvalue weighted by atomic mass is 79.9. The molecule has 2 saturated heterocycles. The van der Waals surface area contributed by atoms with Crippen molar-refractivity contribution in [2.75, 3.05) is 16.4 Å². The maximum Gasteiger partial charge on any atom is 0.262 e. The summed E-state index contributed by atoms with van der Waals surface area (Å²) in [4.78, 5) is 17.5. The number of aliphatic imine (C=N–C) groups is 1. The Morgan fingerprint density at radius 2 is 2.25 bits per heavy atom. The van der Waals surface area contributed by atoms with Gasteiger partial charge in [0.2, 0.25) is 0 Å². The molecule has 0 aromatic heterocycles. The molecule has 1 aromatic rings. The van der Waals surface area contributed by atoms with E-state index >= 15 is 0 Å². The van der Waals surface area contributed by atoms with Crippen molar-refractivity contribution in [2.24, 2.45) is 4.99 Å². The van der Waals surface area contributed by atoms with Crippen LogP contribution < -0.4 is 4.90 Å². The number of carbonyl (C=O) groups excluding carboxylic acids is 1. The van der Waals surface area contributed by atoms with Gasteiger partial charge in [0.05, 0.1) is 34.3 Å². The average molecular weight is 449 g/mol. The lowest BCUT2D eigenvalue weighted by molar-refractivity contribution is -0.116. The summed E-state index contributed by atoms with van der Waals surface area (Å²) in [6.07, 6.45) is -0.320. The van der Waals surface area contributed by atoms with Crippen molar-refractivity contribution in [1.82, 2.24) is 0 Å². The number of nitriles is 1. The number of fused-ring (bicyclic) bond motifs is 1. The predicted octanol–water partition coefficient (Wildman–Crippen LogP) is 2.62. The normalized spacial score (nSPS) is 26.4. The van der Waals surface area contributed by atoms with Gasteiger partial charge in [-0.2, -0.15) is 10.3 Å². The minimum absolute atomic E-state index is 0.0114. The number of amides is 1. The van der Waals surface area contributed by atoms with Gasteiger partial charge in [0.25, 0.3) is 5.91 Å². The maximum absolute atomic E-state index is 12.0. The fourth-order valence-corrected chi connectivity index (χ4v) is 7.43. The second kappa shape index (κ2) is 6.67. The largest absolute Gasteiger partial charge is 0.314 e. The molecule has 0 unspecified atom stereocenters. The fourth-order valence-electron chi connectivity index (χ4n) is 2.74. The monoisotopic (exact) mass is 447 g/mol. The number of amidine groups is 1. The molecule has 1 amide bonds. The standard InChI is InChI=1S/C14H11BrClN3O3S2/c15-8-1-2-10(9(16)5-8)19-11-6-24(21,22)7-12(11)23-14(19)18-13(20)3-4-17/h1-2,5,11-12H,3,6-7H2/t11-,12-/m0/s1. The summed E-state index contributed by atoms with van der Waals surface area (Å²) in [5.74, 6) is -0.526. The van der Waals surface area contributed by atoms with Crippen LogP contribution in [0.1, 0.15) is 6.42 Å². The van der Waals surface area contributed by atoms with Gasteiger partial charge in [0.15, 0.2) is 15.0 Å². The maximum atomic E-state index is 12.0. The Balaban J connectivity index is 2.05. The number of hydrogen-bond donors (Lipinski definition) is 0. The Kier molecular flexibility index (Phi) is 4.93. The molecule has 24 heavy (non-hydrogen) atoms. The highest BCUT2D eigenvalue weighted by molar-refractivity contribution is 9.10. The smallest absolute Gasteiger partial charge is 0.262 e. The number of carbonyl (C=O) groups is 1. The summed E-state index contributed by atoms with van der Waals surface area (Å²) >= 11 is 10.9. The third-order valence-electron chi connectivity index (χ3n) is 3.69. The fraction of sp³-hybridized carbons (Fsp3) is 0.357. The van der Waals surface area contributed by atoms with E-state index in [1.807, 2.05) is 0 Å². The van der Waals surface area contributed by atoms with Gasteiger partial charge in [-0.05, 0) is 18.2 Å². The molecule has 1 aromatic carbocycles. The third kappa shape index (κ3) is 3.47. The second-order valence-electron chi connectivity index (χ2n) is 5.39. The van der Waals surface area contributed by atoms with Gasteiger partial charge in [-0.25, -0.2) is 8.42 Å². The number of anilines is 1. The molecule has 2 atom stereocenters. The van der Waals surface area contributed by atoms with Gasteiger partial charge >= 0.3 is 0 Å². The van der Waals surface area contributed by atoms with Crippen LogP contribution in [0.2, 0.25) is 5.02 Å². The topological polar surface area (TPSA) is 90.6 Å². The Morgan fingerprint density at radius 3 is 2.92 bits per heavy atom. The molecule has 3 rings (SSSR count). The molecule has 6 nitrogen and oxygen atoms in total. The molecule has 10 heteroatoms. The molecule has 2 aliphatic heterocycles. The zero-order valence-corrected chi connectivity index (χ0v) is 16.1. The molecule has 2 fully saturated rings. The first kappa shape index (κ1) is 17.7. The summed E-state index contributed by atoms with van der Waals surface area (Å²) in [5.41, 5.74) is 0.598. The van der Waals surface area contributed by atoms with Crippen molar-refractivity contribution in [3.8, 4) is 6.07 Å². The van der Waals surface area contributed by atoms with Gasteiger partial charge < -0.3 is 4.90 Å². The van der Waals surface area contributed by atoms with Crippen LogP contribution in [0.5, 0.6) is 0 Å². The van der Waals surface area contributed by atoms with E-state index in [1.165, 1.54) is 11.8 Å². The van der Waals surface area contributed by atoms with E-state index in [9.17, 15) is 13.2 Å². The lowest BCUT2D eigenvalue weighted by atomic mass is 10.2. The van der Waals surface area contributed by atoms with E-state index < -0.39 is 15.7 Å². The number of halogens is 2. The minimum Gasteiger partial charge on any atom is -0.314 e. The molecule has 0 N–H and O–H groups in total. The number of sulfone groups is 1. The summed E-state index contributed by atoms with van der Waals surface area (Å²) in [6.45, 7) is 0. The van der Waals surface area contributed by atoms with E-state index in [0.29, 0.717) is 15.9 Å². The van der Waals surface area contributed by atoms with Crippen molar-refractivity contribution in [2.45, 2.75) is 17.7 Å². The lowest BCUT2D eigenvalue weighted by Crippen LogP contribution is -2.37. The molecular weight excluding hydrogens is 438 g/mol. The van der Waals surface area contributed by atoms with Crippen LogP contribution >= 0.6 is 39.3 Å². The number of benzene rings is 1. The molecular formula is C14H11BrClN3O3S2. The average Bonchev–Trinajstić information content (AvgIpc) is 2.91. The summed E-state index contributed by atoms with van der Waals surface area (Å²) in [7, 11) is -3.14. The van der Waals surface area contributed by atoms with Crippen molar-refractivity contribution < 1.29 is 13.2 Å². The van der Waals surface area contributed by atoms with Crippen LogP contribution in [0.3, 0.4) is 0 Å². The molecule has 0 aliphatic carbocycles. The van der Waals surface area contributed by atoms with Crippen LogP contribution in [-0.2, 0) is 14.6 Å². The van der Waals surface area contributed by atoms with E-state index in [2.05, 4.69) is 20.9 Å². The molecule has 2 aliphatic rings.